The van der Waals surface area contributed by atoms with Crippen LogP contribution in [-0.2, 0) is 9.59 Å². The molecule has 2 aliphatic rings. The number of anilines is 2. The number of ether oxygens (including phenoxy) is 2. The fourth-order valence-electron chi connectivity index (χ4n) is 3.99. The predicted molar refractivity (Wildman–Crippen MR) is 112 cm³/mol. The van der Waals surface area contributed by atoms with Crippen molar-refractivity contribution in [2.24, 2.45) is 0 Å². The van der Waals surface area contributed by atoms with Crippen molar-refractivity contribution in [2.45, 2.75) is 32.2 Å². The highest BCUT2D eigenvalue weighted by molar-refractivity contribution is 6.05. The molecule has 1 N–H and O–H groups in total. The van der Waals surface area contributed by atoms with Crippen LogP contribution in [0.3, 0.4) is 0 Å². The van der Waals surface area contributed by atoms with Gasteiger partial charge in [0.1, 0.15) is 6.04 Å². The number of rotatable bonds is 6. The van der Waals surface area contributed by atoms with E-state index in [9.17, 15) is 9.59 Å². The Bertz CT molecular complexity index is 1140. The maximum atomic E-state index is 13.2. The first-order valence-corrected chi connectivity index (χ1v) is 10.1. The van der Waals surface area contributed by atoms with Crippen LogP contribution in [0.4, 0.5) is 11.6 Å². The minimum absolute atomic E-state index is 0.0310. The van der Waals surface area contributed by atoms with Gasteiger partial charge in [0, 0.05) is 18.3 Å². The van der Waals surface area contributed by atoms with Crippen molar-refractivity contribution in [1.82, 2.24) is 9.55 Å². The molecule has 0 saturated carbocycles. The first-order chi connectivity index (χ1) is 14.7. The van der Waals surface area contributed by atoms with Gasteiger partial charge in [-0.1, -0.05) is 25.5 Å². The topological polar surface area (TPSA) is 85.7 Å². The van der Waals surface area contributed by atoms with Crippen molar-refractivity contribution in [1.29, 1.82) is 0 Å². The van der Waals surface area contributed by atoms with Crippen LogP contribution in [0.2, 0.25) is 0 Å². The van der Waals surface area contributed by atoms with E-state index in [1.165, 1.54) is 0 Å². The molecule has 0 saturated heterocycles. The lowest BCUT2D eigenvalue weighted by atomic mass is 10.1. The molecule has 154 valence electrons. The first-order valence-electron chi connectivity index (χ1n) is 10.1. The molecule has 0 spiro atoms. The third-order valence-electron chi connectivity index (χ3n) is 5.45. The quantitative estimate of drug-likeness (QED) is 0.677. The third-order valence-corrected chi connectivity index (χ3v) is 5.45. The summed E-state index contributed by atoms with van der Waals surface area (Å²) in [5.41, 5.74) is 2.29. The van der Waals surface area contributed by atoms with Crippen LogP contribution in [-0.4, -0.2) is 34.7 Å². The summed E-state index contributed by atoms with van der Waals surface area (Å²) in [6, 6.07) is 12.3. The standard InChI is InChI=1S/C22H22N4O4/c1-2-3-10-25-21(28)17(26-16-7-5-4-6-15(16)24-22(25)26)12-20(27)23-14-8-9-18-19(11-14)30-13-29-18/h4-9,11,17H,2-3,10,12-13H2,1H3,(H,23,27). The number of fused-ring (bicyclic) bond motifs is 4. The SMILES string of the molecule is CCCCN1C(=O)C(CC(=O)Nc2ccc3c(c2)OCO3)n2c1nc1ccccc12. The highest BCUT2D eigenvalue weighted by atomic mass is 16.7. The second kappa shape index (κ2) is 7.37. The normalized spacial score (nSPS) is 16.9. The third kappa shape index (κ3) is 3.04. The van der Waals surface area contributed by atoms with Crippen molar-refractivity contribution < 1.29 is 19.1 Å². The van der Waals surface area contributed by atoms with Crippen LogP contribution >= 0.6 is 0 Å². The molecule has 0 radical (unpaired) electrons. The summed E-state index contributed by atoms with van der Waals surface area (Å²) in [6.07, 6.45) is 1.88. The Hall–Kier alpha value is -3.55. The monoisotopic (exact) mass is 406 g/mol. The number of hydrogen-bond donors (Lipinski definition) is 1. The molecule has 0 aliphatic carbocycles. The number of hydrogen-bond acceptors (Lipinski definition) is 5. The average molecular weight is 406 g/mol. The molecule has 8 heteroatoms. The van der Waals surface area contributed by atoms with Crippen LogP contribution < -0.4 is 19.7 Å². The number of carbonyl (C=O) groups is 2. The molecule has 5 rings (SSSR count). The van der Waals surface area contributed by atoms with Crippen LogP contribution in [0.1, 0.15) is 32.2 Å². The molecular formula is C22H22N4O4. The van der Waals surface area contributed by atoms with E-state index in [1.54, 1.807) is 23.1 Å². The Kier molecular flexibility index (Phi) is 4.54. The smallest absolute Gasteiger partial charge is 0.253 e. The fourth-order valence-corrected chi connectivity index (χ4v) is 3.99. The van der Waals surface area contributed by atoms with E-state index >= 15 is 0 Å². The number of para-hydroxylation sites is 2. The summed E-state index contributed by atoms with van der Waals surface area (Å²) >= 11 is 0. The Balaban J connectivity index is 1.41. The number of carbonyl (C=O) groups excluding carboxylic acids is 2. The minimum atomic E-state index is -0.613. The van der Waals surface area contributed by atoms with Gasteiger partial charge in [0.25, 0.3) is 5.91 Å². The van der Waals surface area contributed by atoms with E-state index in [2.05, 4.69) is 17.2 Å². The fraction of sp³-hybridized carbons (Fsp3) is 0.318. The molecular weight excluding hydrogens is 384 g/mol. The summed E-state index contributed by atoms with van der Waals surface area (Å²) < 4.78 is 12.6. The number of nitrogens with zero attached hydrogens (tertiary/aromatic N) is 3. The Morgan fingerprint density at radius 2 is 2.03 bits per heavy atom. The number of amides is 2. The first kappa shape index (κ1) is 18.5. The zero-order chi connectivity index (χ0) is 20.7. The minimum Gasteiger partial charge on any atom is -0.454 e. The van der Waals surface area contributed by atoms with Crippen LogP contribution in [0, 0.1) is 0 Å². The zero-order valence-electron chi connectivity index (χ0n) is 16.6. The molecule has 3 aromatic rings. The lowest BCUT2D eigenvalue weighted by molar-refractivity contribution is -0.124. The number of benzene rings is 2. The highest BCUT2D eigenvalue weighted by Gasteiger charge is 2.40. The molecule has 30 heavy (non-hydrogen) atoms. The van der Waals surface area contributed by atoms with Gasteiger partial charge in [0.15, 0.2) is 11.5 Å². The van der Waals surface area contributed by atoms with Gasteiger partial charge in [0.2, 0.25) is 18.6 Å². The Morgan fingerprint density at radius 1 is 1.20 bits per heavy atom. The van der Waals surface area contributed by atoms with Crippen molar-refractivity contribution >= 4 is 34.5 Å². The van der Waals surface area contributed by atoms with Crippen molar-refractivity contribution in [3.8, 4) is 11.5 Å². The van der Waals surface area contributed by atoms with Gasteiger partial charge in [-0.25, -0.2) is 4.98 Å². The molecule has 3 heterocycles. The maximum Gasteiger partial charge on any atom is 0.253 e. The summed E-state index contributed by atoms with van der Waals surface area (Å²) in [5.74, 6) is 1.54. The molecule has 2 aliphatic heterocycles. The molecule has 0 fully saturated rings. The Labute approximate surface area is 173 Å². The van der Waals surface area contributed by atoms with E-state index < -0.39 is 6.04 Å². The molecule has 1 atom stereocenters. The Morgan fingerprint density at radius 3 is 2.90 bits per heavy atom. The molecule has 0 bridgehead atoms. The number of nitrogens with one attached hydrogen (secondary N) is 1. The number of imidazole rings is 1. The summed E-state index contributed by atoms with van der Waals surface area (Å²) in [7, 11) is 0. The van der Waals surface area contributed by atoms with E-state index in [0.29, 0.717) is 29.7 Å². The zero-order valence-corrected chi connectivity index (χ0v) is 16.6. The van der Waals surface area contributed by atoms with Gasteiger partial charge < -0.3 is 14.8 Å². The molecule has 2 aromatic carbocycles. The average Bonchev–Trinajstić information content (AvgIpc) is 3.41. The van der Waals surface area contributed by atoms with E-state index in [-0.39, 0.29) is 25.0 Å². The van der Waals surface area contributed by atoms with Crippen LogP contribution in [0.15, 0.2) is 42.5 Å². The lowest BCUT2D eigenvalue weighted by Crippen LogP contribution is -2.32. The van der Waals surface area contributed by atoms with E-state index in [0.717, 1.165) is 23.9 Å². The van der Waals surface area contributed by atoms with Gasteiger partial charge >= 0.3 is 0 Å². The second-order valence-corrected chi connectivity index (χ2v) is 7.45. The van der Waals surface area contributed by atoms with Gasteiger partial charge in [-0.2, -0.15) is 0 Å². The van der Waals surface area contributed by atoms with Crippen molar-refractivity contribution in [2.75, 3.05) is 23.6 Å². The summed E-state index contributed by atoms with van der Waals surface area (Å²) in [4.78, 5) is 32.4. The van der Waals surface area contributed by atoms with Gasteiger partial charge in [-0.3, -0.25) is 19.1 Å². The van der Waals surface area contributed by atoms with Crippen molar-refractivity contribution in [3.05, 3.63) is 42.5 Å². The van der Waals surface area contributed by atoms with Gasteiger partial charge in [0.05, 0.1) is 17.5 Å². The largest absolute Gasteiger partial charge is 0.454 e. The highest BCUT2D eigenvalue weighted by Crippen LogP contribution is 2.37. The summed E-state index contributed by atoms with van der Waals surface area (Å²) in [5, 5.41) is 2.87. The van der Waals surface area contributed by atoms with Crippen LogP contribution in [0.5, 0.6) is 11.5 Å². The molecule has 1 unspecified atom stereocenters. The predicted octanol–water partition coefficient (Wildman–Crippen LogP) is 3.48. The molecule has 2 amide bonds. The van der Waals surface area contributed by atoms with E-state index in [4.69, 9.17) is 9.47 Å². The number of aromatic nitrogens is 2. The maximum absolute atomic E-state index is 13.2. The lowest BCUT2D eigenvalue weighted by Gasteiger charge is -2.15. The van der Waals surface area contributed by atoms with Gasteiger partial charge in [-0.15, -0.1) is 0 Å². The number of unbranched alkanes of at least 4 members (excludes halogenated alkanes) is 1. The van der Waals surface area contributed by atoms with E-state index in [1.807, 2.05) is 28.8 Å². The van der Waals surface area contributed by atoms with Crippen molar-refractivity contribution in [3.63, 3.8) is 0 Å². The van der Waals surface area contributed by atoms with Gasteiger partial charge in [-0.05, 0) is 30.7 Å². The molecule has 1 aromatic heterocycles. The molecule has 8 nitrogen and oxygen atoms in total. The second-order valence-electron chi connectivity index (χ2n) is 7.45. The summed E-state index contributed by atoms with van der Waals surface area (Å²) in [6.45, 7) is 2.85. The van der Waals surface area contributed by atoms with Crippen LogP contribution in [0.25, 0.3) is 11.0 Å².